The molecule has 78 valence electrons. The Labute approximate surface area is 86.5 Å². The van der Waals surface area contributed by atoms with Crippen molar-refractivity contribution in [1.82, 2.24) is 4.98 Å². The number of Topliss-reactive ketones (excluding diaryl/α,β-unsaturated/α-hetero) is 2. The van der Waals surface area contributed by atoms with Crippen molar-refractivity contribution in [2.75, 3.05) is 0 Å². The molecule has 0 spiro atoms. The molecule has 0 N–H and O–H groups in total. The van der Waals surface area contributed by atoms with Crippen molar-refractivity contribution in [2.45, 2.75) is 19.4 Å². The summed E-state index contributed by atoms with van der Waals surface area (Å²) in [4.78, 5) is 37.0. The van der Waals surface area contributed by atoms with Gasteiger partial charge in [0.2, 0.25) is 6.04 Å². The van der Waals surface area contributed by atoms with Gasteiger partial charge in [0.15, 0.2) is 11.6 Å². The maximum Gasteiger partial charge on any atom is 0.212 e. The number of hydrogen-bond donors (Lipinski definition) is 0. The summed E-state index contributed by atoms with van der Waals surface area (Å²) in [6.07, 6.45) is 2.96. The minimum atomic E-state index is -1.42. The van der Waals surface area contributed by atoms with Crippen LogP contribution in [0.5, 0.6) is 0 Å². The molecule has 0 aliphatic heterocycles. The number of pyridine rings is 1. The topological polar surface area (TPSA) is 76.5 Å². The van der Waals surface area contributed by atoms with Gasteiger partial charge in [-0.25, -0.2) is 0 Å². The standard InChI is InChI=1S/C10H10N2O3/c1-2-8(13)9(12-15)10(14)7-3-5-11-6-4-7/h3-6,9H,2H2,1H3. The zero-order valence-corrected chi connectivity index (χ0v) is 8.21. The fourth-order valence-corrected chi connectivity index (χ4v) is 1.12. The van der Waals surface area contributed by atoms with E-state index < -0.39 is 17.6 Å². The number of hydrogen-bond acceptors (Lipinski definition) is 5. The Morgan fingerprint density at radius 3 is 2.47 bits per heavy atom. The van der Waals surface area contributed by atoms with E-state index in [4.69, 9.17) is 0 Å². The molecule has 0 aromatic carbocycles. The predicted molar refractivity (Wildman–Crippen MR) is 53.4 cm³/mol. The smallest absolute Gasteiger partial charge is 0.212 e. The second-order valence-electron chi connectivity index (χ2n) is 2.93. The van der Waals surface area contributed by atoms with Gasteiger partial charge in [-0.05, 0) is 12.1 Å². The summed E-state index contributed by atoms with van der Waals surface area (Å²) in [5.41, 5.74) is 0.274. The first-order chi connectivity index (χ1) is 7.20. The molecule has 0 aliphatic carbocycles. The summed E-state index contributed by atoms with van der Waals surface area (Å²) < 4.78 is 0. The second kappa shape index (κ2) is 5.09. The molecule has 1 aromatic rings. The molecule has 1 heterocycles. The minimum absolute atomic E-state index is 0.118. The van der Waals surface area contributed by atoms with E-state index in [2.05, 4.69) is 10.2 Å². The van der Waals surface area contributed by atoms with Crippen LogP contribution in [0.3, 0.4) is 0 Å². The summed E-state index contributed by atoms with van der Waals surface area (Å²) in [5, 5.41) is 2.57. The third-order valence-corrected chi connectivity index (χ3v) is 1.97. The van der Waals surface area contributed by atoms with Gasteiger partial charge in [-0.1, -0.05) is 12.1 Å². The molecule has 5 heteroatoms. The molecule has 0 saturated heterocycles. The zero-order valence-electron chi connectivity index (χ0n) is 8.21. The molecule has 5 nitrogen and oxygen atoms in total. The van der Waals surface area contributed by atoms with Crippen molar-refractivity contribution in [3.8, 4) is 0 Å². The van der Waals surface area contributed by atoms with Gasteiger partial charge in [-0.2, -0.15) is 0 Å². The first-order valence-electron chi connectivity index (χ1n) is 4.50. The number of carbonyl (C=O) groups is 2. The predicted octanol–water partition coefficient (Wildman–Crippen LogP) is 1.38. The highest BCUT2D eigenvalue weighted by Crippen LogP contribution is 2.07. The van der Waals surface area contributed by atoms with E-state index in [0.717, 1.165) is 0 Å². The van der Waals surface area contributed by atoms with Crippen LogP contribution in [0.1, 0.15) is 23.7 Å². The Morgan fingerprint density at radius 1 is 1.40 bits per heavy atom. The molecule has 0 amide bonds. The van der Waals surface area contributed by atoms with E-state index in [1.165, 1.54) is 24.5 Å². The van der Waals surface area contributed by atoms with Crippen LogP contribution in [0.2, 0.25) is 0 Å². The Morgan fingerprint density at radius 2 is 2.00 bits per heavy atom. The van der Waals surface area contributed by atoms with E-state index in [1.54, 1.807) is 6.92 Å². The minimum Gasteiger partial charge on any atom is -0.297 e. The second-order valence-corrected chi connectivity index (χ2v) is 2.93. The van der Waals surface area contributed by atoms with E-state index in [0.29, 0.717) is 0 Å². The van der Waals surface area contributed by atoms with Crippen molar-refractivity contribution < 1.29 is 9.59 Å². The van der Waals surface area contributed by atoms with Crippen LogP contribution in [0.4, 0.5) is 0 Å². The Kier molecular flexibility index (Phi) is 3.79. The van der Waals surface area contributed by atoms with Crippen molar-refractivity contribution in [3.63, 3.8) is 0 Å². The van der Waals surface area contributed by atoms with Crippen LogP contribution >= 0.6 is 0 Å². The molecule has 1 rings (SSSR count). The number of carbonyl (C=O) groups excluding carboxylic acids is 2. The van der Waals surface area contributed by atoms with Crippen LogP contribution in [0, 0.1) is 4.91 Å². The fourth-order valence-electron chi connectivity index (χ4n) is 1.12. The average Bonchev–Trinajstić information content (AvgIpc) is 2.30. The van der Waals surface area contributed by atoms with E-state index in [-0.39, 0.29) is 12.0 Å². The molecule has 1 unspecified atom stereocenters. The Hall–Kier alpha value is -1.91. The van der Waals surface area contributed by atoms with Gasteiger partial charge in [0, 0.05) is 24.4 Å². The normalized spacial score (nSPS) is 11.8. The molecule has 0 radical (unpaired) electrons. The van der Waals surface area contributed by atoms with Gasteiger partial charge >= 0.3 is 0 Å². The Balaban J connectivity index is 2.92. The van der Waals surface area contributed by atoms with Crippen LogP contribution in [-0.2, 0) is 4.79 Å². The average molecular weight is 206 g/mol. The third-order valence-electron chi connectivity index (χ3n) is 1.97. The van der Waals surface area contributed by atoms with Crippen LogP contribution in [0.15, 0.2) is 29.7 Å². The molecule has 1 aromatic heterocycles. The van der Waals surface area contributed by atoms with E-state index in [9.17, 15) is 14.5 Å². The van der Waals surface area contributed by atoms with Gasteiger partial charge in [0.05, 0.1) is 0 Å². The number of rotatable bonds is 5. The van der Waals surface area contributed by atoms with Crippen LogP contribution < -0.4 is 0 Å². The lowest BCUT2D eigenvalue weighted by Crippen LogP contribution is -2.27. The maximum absolute atomic E-state index is 11.6. The summed E-state index contributed by atoms with van der Waals surface area (Å²) in [6, 6.07) is 1.48. The largest absolute Gasteiger partial charge is 0.297 e. The maximum atomic E-state index is 11.6. The van der Waals surface area contributed by atoms with Gasteiger partial charge in [0.1, 0.15) is 0 Å². The number of ketones is 2. The molecular weight excluding hydrogens is 196 g/mol. The van der Waals surface area contributed by atoms with Crippen molar-refractivity contribution in [3.05, 3.63) is 35.0 Å². The number of nitroso groups, excluding NO2 is 1. The zero-order chi connectivity index (χ0) is 11.3. The van der Waals surface area contributed by atoms with Crippen molar-refractivity contribution >= 4 is 11.6 Å². The molecular formula is C10H10N2O3. The first-order valence-corrected chi connectivity index (χ1v) is 4.50. The highest BCUT2D eigenvalue weighted by atomic mass is 16.3. The molecule has 1 atom stereocenters. The number of nitrogens with zero attached hydrogens (tertiary/aromatic N) is 2. The lowest BCUT2D eigenvalue weighted by atomic mass is 10.0. The van der Waals surface area contributed by atoms with Crippen LogP contribution in [0.25, 0.3) is 0 Å². The first kappa shape index (κ1) is 11.2. The SMILES string of the molecule is CCC(=O)C(N=O)C(=O)c1ccncc1. The van der Waals surface area contributed by atoms with Crippen molar-refractivity contribution in [1.29, 1.82) is 0 Å². The lowest BCUT2D eigenvalue weighted by molar-refractivity contribution is -0.118. The lowest BCUT2D eigenvalue weighted by Gasteiger charge is -2.04. The summed E-state index contributed by atoms with van der Waals surface area (Å²) in [6.45, 7) is 1.58. The highest BCUT2D eigenvalue weighted by molar-refractivity contribution is 6.14. The molecule has 0 bridgehead atoms. The van der Waals surface area contributed by atoms with Gasteiger partial charge in [-0.3, -0.25) is 14.6 Å². The molecule has 0 aliphatic rings. The van der Waals surface area contributed by atoms with Gasteiger partial charge in [0.25, 0.3) is 0 Å². The fraction of sp³-hybridized carbons (Fsp3) is 0.300. The third kappa shape index (κ3) is 2.52. The molecule has 0 fully saturated rings. The molecule has 15 heavy (non-hydrogen) atoms. The number of aromatic nitrogens is 1. The Bertz CT molecular complexity index is 376. The van der Waals surface area contributed by atoms with Crippen molar-refractivity contribution in [2.24, 2.45) is 5.18 Å². The quantitative estimate of drug-likeness (QED) is 0.414. The monoisotopic (exact) mass is 206 g/mol. The van der Waals surface area contributed by atoms with E-state index >= 15 is 0 Å². The summed E-state index contributed by atoms with van der Waals surface area (Å²) in [7, 11) is 0. The summed E-state index contributed by atoms with van der Waals surface area (Å²) >= 11 is 0. The summed E-state index contributed by atoms with van der Waals surface area (Å²) in [5.74, 6) is -1.04. The van der Waals surface area contributed by atoms with Gasteiger partial charge in [-0.15, -0.1) is 4.91 Å². The van der Waals surface area contributed by atoms with Gasteiger partial charge < -0.3 is 0 Å². The van der Waals surface area contributed by atoms with Crippen LogP contribution in [-0.4, -0.2) is 22.6 Å². The van der Waals surface area contributed by atoms with E-state index in [1.807, 2.05) is 0 Å². The highest BCUT2D eigenvalue weighted by Gasteiger charge is 2.26. The molecule has 0 saturated carbocycles.